The number of para-hydroxylation sites is 1. The maximum Gasteiger partial charge on any atom is 0.419 e. The zero-order chi connectivity index (χ0) is 26.6. The molecular formula is C30H36N2O5. The molecule has 3 aromatic rings. The average molecular weight is 505 g/mol. The summed E-state index contributed by atoms with van der Waals surface area (Å²) in [5.41, 5.74) is 4.86. The number of aliphatic hydroxyl groups excluding tert-OH is 1. The van der Waals surface area contributed by atoms with Crippen molar-refractivity contribution in [2.45, 2.75) is 51.7 Å². The van der Waals surface area contributed by atoms with Gasteiger partial charge in [-0.3, -0.25) is 9.47 Å². The van der Waals surface area contributed by atoms with E-state index < -0.39 is 5.60 Å². The number of fused-ring (bicyclic) bond motifs is 2. The Morgan fingerprint density at radius 1 is 1.11 bits per heavy atom. The summed E-state index contributed by atoms with van der Waals surface area (Å²) >= 11 is 0. The maximum atomic E-state index is 12.9. The second-order valence-electron chi connectivity index (χ2n) is 10.5. The van der Waals surface area contributed by atoms with Crippen LogP contribution in [0.15, 0.2) is 54.7 Å². The molecule has 1 N–H and O–H groups in total. The van der Waals surface area contributed by atoms with Crippen LogP contribution in [0.2, 0.25) is 0 Å². The van der Waals surface area contributed by atoms with Gasteiger partial charge in [0, 0.05) is 36.8 Å². The zero-order valence-corrected chi connectivity index (χ0v) is 22.1. The maximum absolute atomic E-state index is 12.9. The standard InChI is InChI=1S/C30H36N2O5/c1-30(2,3)37-29(35)32-20-23(26-7-5-6-8-27(26)32)13-14-31(15-16-33)25-18-22-11-9-21(17-24(22)19-25)10-12-28(34)36-4/h5-12,17,20,25,33H,13-16,18-19H2,1-4H3/b12-10+. The lowest BCUT2D eigenvalue weighted by atomic mass is 10.1. The van der Waals surface area contributed by atoms with Crippen LogP contribution < -0.4 is 0 Å². The molecule has 37 heavy (non-hydrogen) atoms. The summed E-state index contributed by atoms with van der Waals surface area (Å²) < 4.78 is 11.9. The van der Waals surface area contributed by atoms with E-state index in [2.05, 4.69) is 21.8 Å². The van der Waals surface area contributed by atoms with Gasteiger partial charge in [0.25, 0.3) is 0 Å². The minimum absolute atomic E-state index is 0.0830. The molecule has 1 unspecified atom stereocenters. The third-order valence-corrected chi connectivity index (χ3v) is 6.71. The summed E-state index contributed by atoms with van der Waals surface area (Å²) in [5, 5.41) is 10.8. The number of aliphatic hydroxyl groups is 1. The molecule has 1 aromatic heterocycles. The second kappa shape index (κ2) is 11.3. The largest absolute Gasteiger partial charge is 0.466 e. The summed E-state index contributed by atoms with van der Waals surface area (Å²) in [6.45, 7) is 7.02. The molecule has 0 spiro atoms. The van der Waals surface area contributed by atoms with Gasteiger partial charge >= 0.3 is 12.1 Å². The molecule has 7 heteroatoms. The Hall–Kier alpha value is -3.42. The van der Waals surface area contributed by atoms with E-state index in [1.165, 1.54) is 24.3 Å². The molecule has 1 heterocycles. The number of esters is 1. The lowest BCUT2D eigenvalue weighted by Crippen LogP contribution is -2.39. The number of ether oxygens (including phenoxy) is 2. The van der Waals surface area contributed by atoms with Crippen LogP contribution >= 0.6 is 0 Å². The first-order valence-electron chi connectivity index (χ1n) is 12.7. The molecule has 7 nitrogen and oxygen atoms in total. The molecule has 0 radical (unpaired) electrons. The van der Waals surface area contributed by atoms with Crippen LogP contribution in [-0.2, 0) is 33.5 Å². The minimum atomic E-state index is -0.576. The second-order valence-corrected chi connectivity index (χ2v) is 10.5. The molecule has 196 valence electrons. The van der Waals surface area contributed by atoms with Crippen molar-refractivity contribution in [1.29, 1.82) is 0 Å². The van der Waals surface area contributed by atoms with E-state index in [0.29, 0.717) is 6.54 Å². The van der Waals surface area contributed by atoms with Gasteiger partial charge in [0.05, 0.1) is 19.2 Å². The summed E-state index contributed by atoms with van der Waals surface area (Å²) in [5.74, 6) is -0.375. The normalized spacial score (nSPS) is 15.5. The predicted molar refractivity (Wildman–Crippen MR) is 145 cm³/mol. The lowest BCUT2D eigenvalue weighted by molar-refractivity contribution is -0.134. The number of carbonyl (C=O) groups excluding carboxylic acids is 2. The number of rotatable bonds is 8. The van der Waals surface area contributed by atoms with Crippen molar-refractivity contribution in [2.24, 2.45) is 0 Å². The van der Waals surface area contributed by atoms with Gasteiger partial charge in [-0.25, -0.2) is 9.59 Å². The number of hydrogen-bond donors (Lipinski definition) is 1. The highest BCUT2D eigenvalue weighted by Gasteiger charge is 2.27. The van der Waals surface area contributed by atoms with Gasteiger partial charge in [-0.1, -0.05) is 36.4 Å². The average Bonchev–Trinajstić information content (AvgIpc) is 3.45. The Labute approximate surface area is 218 Å². The van der Waals surface area contributed by atoms with Gasteiger partial charge in [0.1, 0.15) is 5.60 Å². The number of methoxy groups -OCH3 is 1. The molecule has 1 atom stereocenters. The van der Waals surface area contributed by atoms with Gasteiger partial charge < -0.3 is 14.6 Å². The Bertz CT molecular complexity index is 1300. The number of benzene rings is 2. The van der Waals surface area contributed by atoms with E-state index in [4.69, 9.17) is 4.74 Å². The zero-order valence-electron chi connectivity index (χ0n) is 22.1. The molecule has 4 rings (SSSR count). The van der Waals surface area contributed by atoms with E-state index in [1.807, 2.05) is 57.3 Å². The third-order valence-electron chi connectivity index (χ3n) is 6.71. The summed E-state index contributed by atoms with van der Waals surface area (Å²) in [6, 6.07) is 14.4. The van der Waals surface area contributed by atoms with E-state index in [1.54, 1.807) is 10.6 Å². The van der Waals surface area contributed by atoms with Crippen LogP contribution in [-0.4, -0.2) is 65.1 Å². The molecule has 0 bridgehead atoms. The fourth-order valence-corrected chi connectivity index (χ4v) is 4.99. The van der Waals surface area contributed by atoms with Crippen molar-refractivity contribution in [3.8, 4) is 0 Å². The van der Waals surface area contributed by atoms with Crippen molar-refractivity contribution in [3.05, 3.63) is 77.0 Å². The van der Waals surface area contributed by atoms with E-state index in [-0.39, 0.29) is 24.7 Å². The topological polar surface area (TPSA) is 81.0 Å². The molecular weight excluding hydrogens is 468 g/mol. The summed E-state index contributed by atoms with van der Waals surface area (Å²) in [7, 11) is 1.37. The molecule has 1 aliphatic rings. The van der Waals surface area contributed by atoms with Crippen LogP contribution in [0, 0.1) is 0 Å². The molecule has 0 fully saturated rings. The third kappa shape index (κ3) is 6.48. The number of carbonyl (C=O) groups is 2. The Kier molecular flexibility index (Phi) is 8.15. The predicted octanol–water partition coefficient (Wildman–Crippen LogP) is 4.61. The van der Waals surface area contributed by atoms with E-state index in [9.17, 15) is 14.7 Å². The van der Waals surface area contributed by atoms with Crippen molar-refractivity contribution in [2.75, 3.05) is 26.8 Å². The molecule has 0 amide bonds. The smallest absolute Gasteiger partial charge is 0.419 e. The molecule has 2 aromatic carbocycles. The lowest BCUT2D eigenvalue weighted by Gasteiger charge is -2.28. The van der Waals surface area contributed by atoms with Gasteiger partial charge in [-0.15, -0.1) is 0 Å². The van der Waals surface area contributed by atoms with Crippen LogP contribution in [0.4, 0.5) is 4.79 Å². The van der Waals surface area contributed by atoms with Gasteiger partial charge in [-0.05, 0) is 74.4 Å². The van der Waals surface area contributed by atoms with Crippen molar-refractivity contribution < 1.29 is 24.2 Å². The minimum Gasteiger partial charge on any atom is -0.466 e. The highest BCUT2D eigenvalue weighted by atomic mass is 16.6. The number of aromatic nitrogens is 1. The number of hydrogen-bond acceptors (Lipinski definition) is 6. The van der Waals surface area contributed by atoms with Crippen molar-refractivity contribution in [1.82, 2.24) is 9.47 Å². The summed E-state index contributed by atoms with van der Waals surface area (Å²) in [6.07, 6.45) is 7.25. The molecule has 1 aliphatic carbocycles. The SMILES string of the molecule is COC(=O)/C=C/c1ccc2c(c1)CC(N(CCO)CCc1cn(C(=O)OC(C)(C)C)c3ccccc13)C2. The highest BCUT2D eigenvalue weighted by molar-refractivity contribution is 5.92. The van der Waals surface area contributed by atoms with Crippen LogP contribution in [0.25, 0.3) is 17.0 Å². The first kappa shape index (κ1) is 26.6. The fraction of sp³-hybridized carbons (Fsp3) is 0.400. The fourth-order valence-electron chi connectivity index (χ4n) is 4.99. The van der Waals surface area contributed by atoms with Crippen LogP contribution in [0.3, 0.4) is 0 Å². The van der Waals surface area contributed by atoms with Gasteiger partial charge in [0.2, 0.25) is 0 Å². The van der Waals surface area contributed by atoms with Crippen molar-refractivity contribution in [3.63, 3.8) is 0 Å². The summed E-state index contributed by atoms with van der Waals surface area (Å²) in [4.78, 5) is 26.6. The van der Waals surface area contributed by atoms with E-state index >= 15 is 0 Å². The Morgan fingerprint density at radius 2 is 1.86 bits per heavy atom. The monoisotopic (exact) mass is 504 g/mol. The van der Waals surface area contributed by atoms with Crippen LogP contribution in [0.1, 0.15) is 43.0 Å². The molecule has 0 saturated carbocycles. The quantitative estimate of drug-likeness (QED) is 0.356. The van der Waals surface area contributed by atoms with Gasteiger partial charge in [0.15, 0.2) is 0 Å². The first-order chi connectivity index (χ1) is 17.7. The Balaban J connectivity index is 1.49. The number of nitrogens with zero attached hydrogens (tertiary/aromatic N) is 2. The van der Waals surface area contributed by atoms with E-state index in [0.717, 1.165) is 47.8 Å². The highest BCUT2D eigenvalue weighted by Crippen LogP contribution is 2.28. The van der Waals surface area contributed by atoms with Gasteiger partial charge in [-0.2, -0.15) is 0 Å². The first-order valence-corrected chi connectivity index (χ1v) is 12.7. The van der Waals surface area contributed by atoms with Crippen LogP contribution in [0.5, 0.6) is 0 Å². The Morgan fingerprint density at radius 3 is 2.59 bits per heavy atom. The molecule has 0 saturated heterocycles. The van der Waals surface area contributed by atoms with Crippen molar-refractivity contribution >= 4 is 29.0 Å². The molecule has 0 aliphatic heterocycles.